The molecule has 0 spiro atoms. The highest BCUT2D eigenvalue weighted by atomic mass is 35.5. The zero-order chi connectivity index (χ0) is 17.2. The van der Waals surface area contributed by atoms with Gasteiger partial charge < -0.3 is 4.42 Å². The Hall–Kier alpha value is -1.12. The quantitative estimate of drug-likeness (QED) is 0.768. The summed E-state index contributed by atoms with van der Waals surface area (Å²) in [5, 5.41) is 0.169. The van der Waals surface area contributed by atoms with Gasteiger partial charge in [0.05, 0.1) is 17.3 Å². The molecule has 2 aromatic heterocycles. The zero-order valence-electron chi connectivity index (χ0n) is 12.8. The van der Waals surface area contributed by atoms with Crippen LogP contribution in [0, 0.1) is 0 Å². The standard InChI is InChI=1S/C15H17Cl2N3O3S/c16-12-8-11(9-18-15(12)17)24(21,22)19-10-13(14-4-3-7-23-14)20-5-1-2-6-20/h3-4,7-9,13,19H,1-2,5-6,10H2. The highest BCUT2D eigenvalue weighted by molar-refractivity contribution is 7.89. The Morgan fingerprint density at radius 3 is 2.71 bits per heavy atom. The average molecular weight is 390 g/mol. The van der Waals surface area contributed by atoms with Gasteiger partial charge in [-0.1, -0.05) is 23.2 Å². The van der Waals surface area contributed by atoms with Crippen molar-refractivity contribution in [1.29, 1.82) is 0 Å². The Kier molecular flexibility index (Phi) is 5.46. The Labute approximate surface area is 150 Å². The van der Waals surface area contributed by atoms with Gasteiger partial charge in [0.1, 0.15) is 15.8 Å². The van der Waals surface area contributed by atoms with E-state index in [0.29, 0.717) is 0 Å². The molecule has 1 atom stereocenters. The molecule has 130 valence electrons. The number of rotatable bonds is 6. The molecule has 0 aromatic carbocycles. The molecule has 1 unspecified atom stereocenters. The van der Waals surface area contributed by atoms with Gasteiger partial charge in [0.2, 0.25) is 10.0 Å². The Morgan fingerprint density at radius 2 is 2.08 bits per heavy atom. The van der Waals surface area contributed by atoms with Gasteiger partial charge >= 0.3 is 0 Å². The summed E-state index contributed by atoms with van der Waals surface area (Å²) in [5.41, 5.74) is 0. The molecule has 0 bridgehead atoms. The molecule has 1 saturated heterocycles. The van der Waals surface area contributed by atoms with Crippen molar-refractivity contribution in [1.82, 2.24) is 14.6 Å². The first-order chi connectivity index (χ1) is 11.5. The second-order valence-corrected chi connectivity index (χ2v) is 8.10. The molecule has 0 aliphatic carbocycles. The minimum atomic E-state index is -3.74. The van der Waals surface area contributed by atoms with Crippen molar-refractivity contribution in [2.45, 2.75) is 23.8 Å². The smallest absolute Gasteiger partial charge is 0.242 e. The van der Waals surface area contributed by atoms with Crippen molar-refractivity contribution in [2.24, 2.45) is 0 Å². The van der Waals surface area contributed by atoms with E-state index in [1.807, 2.05) is 6.07 Å². The summed E-state index contributed by atoms with van der Waals surface area (Å²) < 4.78 is 33.1. The molecular weight excluding hydrogens is 373 g/mol. The number of pyridine rings is 1. The van der Waals surface area contributed by atoms with Gasteiger partial charge in [0, 0.05) is 12.7 Å². The van der Waals surface area contributed by atoms with Crippen LogP contribution in [0.1, 0.15) is 24.6 Å². The Bertz CT molecular complexity index is 790. The summed E-state index contributed by atoms with van der Waals surface area (Å²) in [6.07, 6.45) is 4.98. The molecule has 1 fully saturated rings. The lowest BCUT2D eigenvalue weighted by molar-refractivity contribution is 0.216. The second kappa shape index (κ2) is 7.41. The normalized spacial score (nSPS) is 17.2. The van der Waals surface area contributed by atoms with E-state index in [-0.39, 0.29) is 27.7 Å². The first kappa shape index (κ1) is 17.7. The van der Waals surface area contributed by atoms with Crippen LogP contribution >= 0.6 is 23.2 Å². The third kappa shape index (κ3) is 3.92. The molecule has 3 heterocycles. The summed E-state index contributed by atoms with van der Waals surface area (Å²) >= 11 is 11.6. The molecule has 0 radical (unpaired) electrons. The summed E-state index contributed by atoms with van der Waals surface area (Å²) in [6, 6.07) is 4.80. The number of nitrogens with zero attached hydrogens (tertiary/aromatic N) is 2. The number of aromatic nitrogens is 1. The molecule has 1 N–H and O–H groups in total. The van der Waals surface area contributed by atoms with Crippen LogP contribution in [0.3, 0.4) is 0 Å². The minimum absolute atomic E-state index is 0.0171. The lowest BCUT2D eigenvalue weighted by Crippen LogP contribution is -2.36. The van der Waals surface area contributed by atoms with Crippen LogP contribution in [0.4, 0.5) is 0 Å². The molecule has 3 rings (SSSR count). The van der Waals surface area contributed by atoms with Gasteiger partial charge in [0.25, 0.3) is 0 Å². The largest absolute Gasteiger partial charge is 0.468 e. The Balaban J connectivity index is 1.76. The van der Waals surface area contributed by atoms with E-state index in [1.165, 1.54) is 12.3 Å². The van der Waals surface area contributed by atoms with Crippen LogP contribution in [0.25, 0.3) is 0 Å². The highest BCUT2D eigenvalue weighted by Crippen LogP contribution is 2.26. The first-order valence-corrected chi connectivity index (χ1v) is 9.79. The van der Waals surface area contributed by atoms with Crippen molar-refractivity contribution in [3.05, 3.63) is 46.6 Å². The van der Waals surface area contributed by atoms with Crippen LogP contribution in [0.15, 0.2) is 40.0 Å². The van der Waals surface area contributed by atoms with E-state index in [4.69, 9.17) is 27.6 Å². The molecule has 0 saturated carbocycles. The fraction of sp³-hybridized carbons (Fsp3) is 0.400. The predicted octanol–water partition coefficient (Wildman–Crippen LogP) is 3.10. The number of nitrogens with one attached hydrogen (secondary N) is 1. The van der Waals surface area contributed by atoms with Crippen LogP contribution in [0.2, 0.25) is 10.2 Å². The first-order valence-electron chi connectivity index (χ1n) is 7.55. The number of likely N-dealkylation sites (tertiary alicyclic amines) is 1. The molecule has 24 heavy (non-hydrogen) atoms. The second-order valence-electron chi connectivity index (χ2n) is 5.57. The molecular formula is C15H17Cl2N3O3S. The van der Waals surface area contributed by atoms with Crippen LogP contribution in [0.5, 0.6) is 0 Å². The summed E-state index contributed by atoms with van der Waals surface area (Å²) in [5.74, 6) is 0.742. The molecule has 0 amide bonds. The molecule has 6 nitrogen and oxygen atoms in total. The summed E-state index contributed by atoms with van der Waals surface area (Å²) in [4.78, 5) is 5.98. The zero-order valence-corrected chi connectivity index (χ0v) is 15.1. The topological polar surface area (TPSA) is 75.4 Å². The maximum Gasteiger partial charge on any atom is 0.242 e. The molecule has 1 aliphatic heterocycles. The highest BCUT2D eigenvalue weighted by Gasteiger charge is 2.27. The number of halogens is 2. The maximum atomic E-state index is 12.5. The van der Waals surface area contributed by atoms with Crippen LogP contribution in [-0.4, -0.2) is 37.9 Å². The third-order valence-corrected chi connectivity index (χ3v) is 6.08. The van der Waals surface area contributed by atoms with Gasteiger partial charge in [-0.15, -0.1) is 0 Å². The van der Waals surface area contributed by atoms with E-state index in [1.54, 1.807) is 12.3 Å². The number of hydrogen-bond donors (Lipinski definition) is 1. The molecule has 9 heteroatoms. The van der Waals surface area contributed by atoms with Crippen LogP contribution in [-0.2, 0) is 10.0 Å². The van der Waals surface area contributed by atoms with Crippen molar-refractivity contribution in [3.63, 3.8) is 0 Å². The maximum absolute atomic E-state index is 12.5. The average Bonchev–Trinajstić information content (AvgIpc) is 3.24. The van der Waals surface area contributed by atoms with E-state index in [2.05, 4.69) is 14.6 Å². The van der Waals surface area contributed by atoms with Crippen molar-refractivity contribution in [3.8, 4) is 0 Å². The van der Waals surface area contributed by atoms with Gasteiger partial charge in [-0.3, -0.25) is 4.90 Å². The van der Waals surface area contributed by atoms with Crippen LogP contribution < -0.4 is 4.72 Å². The predicted molar refractivity (Wildman–Crippen MR) is 91.7 cm³/mol. The van der Waals surface area contributed by atoms with E-state index < -0.39 is 10.0 Å². The summed E-state index contributed by atoms with van der Waals surface area (Å²) in [7, 11) is -3.74. The summed E-state index contributed by atoms with van der Waals surface area (Å²) in [6.45, 7) is 2.04. The third-order valence-electron chi connectivity index (χ3n) is 4.00. The minimum Gasteiger partial charge on any atom is -0.468 e. The van der Waals surface area contributed by atoms with Crippen molar-refractivity contribution in [2.75, 3.05) is 19.6 Å². The Morgan fingerprint density at radius 1 is 1.33 bits per heavy atom. The lowest BCUT2D eigenvalue weighted by Gasteiger charge is -2.25. The molecule has 1 aliphatic rings. The van der Waals surface area contributed by atoms with E-state index >= 15 is 0 Å². The lowest BCUT2D eigenvalue weighted by atomic mass is 10.2. The fourth-order valence-electron chi connectivity index (χ4n) is 2.77. The van der Waals surface area contributed by atoms with E-state index in [9.17, 15) is 8.42 Å². The van der Waals surface area contributed by atoms with Gasteiger partial charge in [-0.25, -0.2) is 18.1 Å². The van der Waals surface area contributed by atoms with Gasteiger partial charge in [-0.2, -0.15) is 0 Å². The number of sulfonamides is 1. The monoisotopic (exact) mass is 389 g/mol. The number of hydrogen-bond acceptors (Lipinski definition) is 5. The molecule has 2 aromatic rings. The van der Waals surface area contributed by atoms with Crippen molar-refractivity contribution >= 4 is 33.2 Å². The SMILES string of the molecule is O=S(=O)(NCC(c1ccco1)N1CCCC1)c1cnc(Cl)c(Cl)c1. The van der Waals surface area contributed by atoms with Gasteiger partial charge in [-0.05, 0) is 44.1 Å². The van der Waals surface area contributed by atoms with E-state index in [0.717, 1.165) is 31.7 Å². The van der Waals surface area contributed by atoms with Crippen molar-refractivity contribution < 1.29 is 12.8 Å². The van der Waals surface area contributed by atoms with Gasteiger partial charge in [0.15, 0.2) is 0 Å². The number of furan rings is 1. The fourth-order valence-corrected chi connectivity index (χ4v) is 4.11.